The highest BCUT2D eigenvalue weighted by molar-refractivity contribution is 8.01. The summed E-state index contributed by atoms with van der Waals surface area (Å²) in [5.74, 6) is 0.722. The number of benzene rings is 2. The number of anilines is 1. The Labute approximate surface area is 170 Å². The number of methoxy groups -OCH3 is 1. The maximum Gasteiger partial charge on any atom is 0.259 e. The highest BCUT2D eigenvalue weighted by Gasteiger charge is 2.23. The molecule has 1 aliphatic carbocycles. The normalized spacial score (nSPS) is 13.3. The van der Waals surface area contributed by atoms with Gasteiger partial charge < -0.3 is 15.4 Å². The van der Waals surface area contributed by atoms with Crippen LogP contribution in [0.3, 0.4) is 0 Å². The van der Waals surface area contributed by atoms with E-state index in [2.05, 4.69) is 15.6 Å². The van der Waals surface area contributed by atoms with Crippen molar-refractivity contribution in [3.63, 3.8) is 0 Å². The van der Waals surface area contributed by atoms with Crippen molar-refractivity contribution in [2.75, 3.05) is 18.2 Å². The molecule has 0 radical (unpaired) electrons. The third-order valence-electron chi connectivity index (χ3n) is 4.25. The van der Waals surface area contributed by atoms with Crippen molar-refractivity contribution in [2.24, 2.45) is 0 Å². The molecule has 2 amide bonds. The van der Waals surface area contributed by atoms with Crippen LogP contribution in [0, 0.1) is 0 Å². The van der Waals surface area contributed by atoms with Crippen molar-refractivity contribution < 1.29 is 14.3 Å². The maximum absolute atomic E-state index is 12.6. The van der Waals surface area contributed by atoms with Crippen LogP contribution in [0.4, 0.5) is 5.69 Å². The van der Waals surface area contributed by atoms with Gasteiger partial charge in [0.05, 0.1) is 28.6 Å². The molecule has 1 saturated carbocycles. The lowest BCUT2D eigenvalue weighted by atomic mass is 10.2. The highest BCUT2D eigenvalue weighted by atomic mass is 32.2. The van der Waals surface area contributed by atoms with E-state index in [-0.39, 0.29) is 11.8 Å². The molecule has 4 rings (SSSR count). The minimum atomic E-state index is -0.229. The maximum atomic E-state index is 12.6. The number of aromatic nitrogens is 1. The molecule has 3 aromatic rings. The Morgan fingerprint density at radius 1 is 1.25 bits per heavy atom. The summed E-state index contributed by atoms with van der Waals surface area (Å²) in [5, 5.41) is 5.87. The molecule has 28 heavy (non-hydrogen) atoms. The molecule has 6 nitrogen and oxygen atoms in total. The van der Waals surface area contributed by atoms with Gasteiger partial charge in [-0.05, 0) is 43.2 Å². The SMILES string of the molecule is COc1ccccc1C(=O)Nc1ccc2nc(SCC(=O)NC3CC3)sc2c1. The van der Waals surface area contributed by atoms with Gasteiger partial charge in [-0.1, -0.05) is 23.9 Å². The van der Waals surface area contributed by atoms with E-state index in [1.807, 2.05) is 24.3 Å². The van der Waals surface area contributed by atoms with Crippen LogP contribution in [-0.4, -0.2) is 35.7 Å². The summed E-state index contributed by atoms with van der Waals surface area (Å²) < 4.78 is 7.05. The average Bonchev–Trinajstić information content (AvgIpc) is 3.42. The van der Waals surface area contributed by atoms with Crippen LogP contribution in [0.5, 0.6) is 5.75 Å². The number of thiazole rings is 1. The summed E-state index contributed by atoms with van der Waals surface area (Å²) in [4.78, 5) is 28.9. The van der Waals surface area contributed by atoms with Gasteiger partial charge in [-0.15, -0.1) is 11.3 Å². The summed E-state index contributed by atoms with van der Waals surface area (Å²) in [7, 11) is 1.54. The Balaban J connectivity index is 1.43. The van der Waals surface area contributed by atoms with Gasteiger partial charge in [0.2, 0.25) is 5.91 Å². The Morgan fingerprint density at radius 3 is 2.86 bits per heavy atom. The van der Waals surface area contributed by atoms with Crippen LogP contribution in [0.15, 0.2) is 46.8 Å². The van der Waals surface area contributed by atoms with Gasteiger partial charge in [-0.25, -0.2) is 4.98 Å². The predicted octanol–water partition coefficient (Wildman–Crippen LogP) is 3.93. The molecular weight excluding hydrogens is 394 g/mol. The lowest BCUT2D eigenvalue weighted by molar-refractivity contribution is -0.118. The molecule has 0 atom stereocenters. The van der Waals surface area contributed by atoms with Gasteiger partial charge in [0.1, 0.15) is 5.75 Å². The lowest BCUT2D eigenvalue weighted by Crippen LogP contribution is -2.26. The number of ether oxygens (including phenoxy) is 1. The van der Waals surface area contributed by atoms with Gasteiger partial charge in [0, 0.05) is 11.7 Å². The van der Waals surface area contributed by atoms with E-state index >= 15 is 0 Å². The van der Waals surface area contributed by atoms with Crippen LogP contribution in [0.1, 0.15) is 23.2 Å². The number of carbonyl (C=O) groups excluding carboxylic acids is 2. The predicted molar refractivity (Wildman–Crippen MR) is 112 cm³/mol. The van der Waals surface area contributed by atoms with E-state index in [4.69, 9.17) is 4.74 Å². The van der Waals surface area contributed by atoms with Crippen LogP contribution in [0.25, 0.3) is 10.2 Å². The monoisotopic (exact) mass is 413 g/mol. The summed E-state index contributed by atoms with van der Waals surface area (Å²) in [6.45, 7) is 0. The van der Waals surface area contributed by atoms with Gasteiger partial charge in [0.15, 0.2) is 4.34 Å². The first-order valence-corrected chi connectivity index (χ1v) is 10.7. The molecule has 0 bridgehead atoms. The Morgan fingerprint density at radius 2 is 2.07 bits per heavy atom. The first-order valence-electron chi connectivity index (χ1n) is 8.89. The number of para-hydroxylation sites is 1. The minimum Gasteiger partial charge on any atom is -0.496 e. The summed E-state index contributed by atoms with van der Waals surface area (Å²) in [6.07, 6.45) is 2.17. The van der Waals surface area contributed by atoms with Crippen LogP contribution >= 0.6 is 23.1 Å². The number of thioether (sulfide) groups is 1. The van der Waals surface area contributed by atoms with Crippen molar-refractivity contribution in [1.29, 1.82) is 0 Å². The molecule has 0 spiro atoms. The molecule has 8 heteroatoms. The first-order chi connectivity index (χ1) is 13.6. The van der Waals surface area contributed by atoms with E-state index in [9.17, 15) is 9.59 Å². The minimum absolute atomic E-state index is 0.0523. The third kappa shape index (κ3) is 4.45. The van der Waals surface area contributed by atoms with E-state index in [1.165, 1.54) is 23.1 Å². The zero-order valence-electron chi connectivity index (χ0n) is 15.2. The Kier molecular flexibility index (Phi) is 5.50. The smallest absolute Gasteiger partial charge is 0.259 e. The summed E-state index contributed by atoms with van der Waals surface area (Å²) in [6, 6.07) is 13.1. The van der Waals surface area contributed by atoms with Crippen LogP contribution in [-0.2, 0) is 4.79 Å². The second kappa shape index (κ2) is 8.20. The molecule has 1 aliphatic rings. The number of amides is 2. The summed E-state index contributed by atoms with van der Waals surface area (Å²) in [5.41, 5.74) is 2.02. The Bertz CT molecular complexity index is 1030. The number of hydrogen-bond acceptors (Lipinski definition) is 6. The average molecular weight is 414 g/mol. The molecule has 1 fully saturated rings. The van der Waals surface area contributed by atoms with E-state index < -0.39 is 0 Å². The first kappa shape index (κ1) is 18.8. The fourth-order valence-electron chi connectivity index (χ4n) is 2.70. The number of rotatable bonds is 7. The van der Waals surface area contributed by atoms with Crippen molar-refractivity contribution in [3.05, 3.63) is 48.0 Å². The van der Waals surface area contributed by atoms with Crippen molar-refractivity contribution in [3.8, 4) is 5.75 Å². The van der Waals surface area contributed by atoms with Crippen molar-refractivity contribution in [2.45, 2.75) is 23.2 Å². The molecule has 2 N–H and O–H groups in total. The second-order valence-electron chi connectivity index (χ2n) is 6.45. The van der Waals surface area contributed by atoms with E-state index in [0.717, 1.165) is 27.4 Å². The quantitative estimate of drug-likeness (QED) is 0.574. The fraction of sp³-hybridized carbons (Fsp3) is 0.250. The molecule has 1 heterocycles. The molecule has 1 aromatic heterocycles. The molecule has 0 unspecified atom stereocenters. The van der Waals surface area contributed by atoms with Crippen LogP contribution < -0.4 is 15.4 Å². The number of fused-ring (bicyclic) bond motifs is 1. The zero-order chi connectivity index (χ0) is 19.5. The standard InChI is InChI=1S/C20H19N3O3S2/c1-26-16-5-3-2-4-14(16)19(25)22-13-8-9-15-17(10-13)28-20(23-15)27-11-18(24)21-12-6-7-12/h2-5,8-10,12H,6-7,11H2,1H3,(H,21,24)(H,22,25). The topological polar surface area (TPSA) is 80.3 Å². The molecule has 0 aliphatic heterocycles. The largest absolute Gasteiger partial charge is 0.496 e. The fourth-order valence-corrected chi connectivity index (χ4v) is 4.62. The molecular formula is C20H19N3O3S2. The number of nitrogens with zero attached hydrogens (tertiary/aromatic N) is 1. The van der Waals surface area contributed by atoms with Crippen molar-refractivity contribution in [1.82, 2.24) is 10.3 Å². The summed E-state index contributed by atoms with van der Waals surface area (Å²) >= 11 is 2.95. The number of carbonyl (C=O) groups is 2. The third-order valence-corrected chi connectivity index (χ3v) is 6.41. The molecule has 0 saturated heterocycles. The second-order valence-corrected chi connectivity index (χ2v) is 8.70. The van der Waals surface area contributed by atoms with Crippen molar-refractivity contribution >= 4 is 50.8 Å². The highest BCUT2D eigenvalue weighted by Crippen LogP contribution is 2.31. The number of hydrogen-bond donors (Lipinski definition) is 2. The Hall–Kier alpha value is -2.58. The molecule has 144 valence electrons. The van der Waals surface area contributed by atoms with Gasteiger partial charge in [-0.3, -0.25) is 9.59 Å². The number of nitrogens with one attached hydrogen (secondary N) is 2. The lowest BCUT2D eigenvalue weighted by Gasteiger charge is -2.09. The van der Waals surface area contributed by atoms with E-state index in [0.29, 0.717) is 28.8 Å². The molecule has 2 aromatic carbocycles. The van der Waals surface area contributed by atoms with E-state index in [1.54, 1.807) is 25.3 Å². The van der Waals surface area contributed by atoms with Gasteiger partial charge >= 0.3 is 0 Å². The zero-order valence-corrected chi connectivity index (χ0v) is 16.9. The van der Waals surface area contributed by atoms with Gasteiger partial charge in [0.25, 0.3) is 5.91 Å². The van der Waals surface area contributed by atoms with Crippen LogP contribution in [0.2, 0.25) is 0 Å². The van der Waals surface area contributed by atoms with Gasteiger partial charge in [-0.2, -0.15) is 0 Å².